The lowest BCUT2D eigenvalue weighted by Gasteiger charge is -2.28. The van der Waals surface area contributed by atoms with Crippen LogP contribution in [-0.2, 0) is 0 Å². The van der Waals surface area contributed by atoms with Gasteiger partial charge in [0.05, 0.1) is 5.56 Å². The summed E-state index contributed by atoms with van der Waals surface area (Å²) in [6, 6.07) is 6.02. The summed E-state index contributed by atoms with van der Waals surface area (Å²) in [4.78, 5) is 10.9. The molecule has 2 unspecified atom stereocenters. The van der Waals surface area contributed by atoms with Crippen LogP contribution in [0.1, 0.15) is 48.5 Å². The molecule has 2 rings (SSSR count). The van der Waals surface area contributed by atoms with Gasteiger partial charge in [0.2, 0.25) is 0 Å². The summed E-state index contributed by atoms with van der Waals surface area (Å²) in [5.74, 6) is -0.0685. The molecule has 0 bridgehead atoms. The minimum Gasteiger partial charge on any atom is -0.478 e. The second-order valence-electron chi connectivity index (χ2n) is 5.45. The van der Waals surface area contributed by atoms with Crippen LogP contribution in [0.2, 0.25) is 0 Å². The van der Waals surface area contributed by atoms with Crippen molar-refractivity contribution in [2.24, 2.45) is 5.92 Å². The highest BCUT2D eigenvalue weighted by Crippen LogP contribution is 2.26. The zero-order valence-corrected chi connectivity index (χ0v) is 11.1. The molecule has 0 aromatic heterocycles. The Kier molecular flexibility index (Phi) is 3.90. The molecule has 0 radical (unpaired) electrons. The smallest absolute Gasteiger partial charge is 0.335 e. The molecule has 0 spiro atoms. The van der Waals surface area contributed by atoms with E-state index in [-0.39, 0.29) is 0 Å². The van der Waals surface area contributed by atoms with E-state index in [2.05, 4.69) is 12.2 Å². The number of carbonyl (C=O) groups is 1. The highest BCUT2D eigenvalue weighted by molar-refractivity contribution is 5.89. The van der Waals surface area contributed by atoms with Crippen LogP contribution in [0, 0.1) is 12.8 Å². The Hall–Kier alpha value is -1.51. The third kappa shape index (κ3) is 3.03. The summed E-state index contributed by atoms with van der Waals surface area (Å²) in [7, 11) is 0. The van der Waals surface area contributed by atoms with E-state index in [4.69, 9.17) is 5.11 Å². The Labute approximate surface area is 108 Å². The Bertz CT molecular complexity index is 442. The van der Waals surface area contributed by atoms with Crippen molar-refractivity contribution in [3.63, 3.8) is 0 Å². The van der Waals surface area contributed by atoms with Gasteiger partial charge in [0.15, 0.2) is 0 Å². The van der Waals surface area contributed by atoms with E-state index in [0.717, 1.165) is 17.2 Å². The predicted octanol–water partition coefficient (Wildman–Crippen LogP) is 3.68. The van der Waals surface area contributed by atoms with E-state index in [1.54, 1.807) is 6.07 Å². The molecule has 0 aliphatic heterocycles. The van der Waals surface area contributed by atoms with Crippen LogP contribution in [0.4, 0.5) is 5.69 Å². The highest BCUT2D eigenvalue weighted by Gasteiger charge is 2.18. The molecule has 2 atom stereocenters. The first-order valence-electron chi connectivity index (χ1n) is 6.66. The molecule has 0 saturated heterocycles. The zero-order valence-electron chi connectivity index (χ0n) is 11.1. The summed E-state index contributed by atoms with van der Waals surface area (Å²) in [6.45, 7) is 4.14. The summed E-state index contributed by atoms with van der Waals surface area (Å²) in [5.41, 5.74) is 2.24. The van der Waals surface area contributed by atoms with E-state index in [1.165, 1.54) is 25.7 Å². The van der Waals surface area contributed by atoms with Crippen LogP contribution in [0.5, 0.6) is 0 Å². The van der Waals surface area contributed by atoms with Gasteiger partial charge in [-0.15, -0.1) is 0 Å². The quantitative estimate of drug-likeness (QED) is 0.856. The van der Waals surface area contributed by atoms with E-state index in [1.807, 2.05) is 19.1 Å². The van der Waals surface area contributed by atoms with Crippen molar-refractivity contribution in [3.8, 4) is 0 Å². The van der Waals surface area contributed by atoms with Crippen LogP contribution < -0.4 is 5.32 Å². The second-order valence-corrected chi connectivity index (χ2v) is 5.45. The monoisotopic (exact) mass is 247 g/mol. The third-order valence-corrected chi connectivity index (χ3v) is 3.76. The number of hydrogen-bond donors (Lipinski definition) is 2. The first-order chi connectivity index (χ1) is 8.56. The van der Waals surface area contributed by atoms with Crippen molar-refractivity contribution in [1.82, 2.24) is 0 Å². The number of rotatable bonds is 3. The lowest BCUT2D eigenvalue weighted by Crippen LogP contribution is -2.26. The minimum absolute atomic E-state index is 0.387. The van der Waals surface area contributed by atoms with Gasteiger partial charge in [-0.3, -0.25) is 0 Å². The molecule has 0 amide bonds. The topological polar surface area (TPSA) is 49.3 Å². The van der Waals surface area contributed by atoms with Gasteiger partial charge in [0.1, 0.15) is 0 Å². The average molecular weight is 247 g/mol. The molecule has 1 aliphatic carbocycles. The van der Waals surface area contributed by atoms with Crippen LogP contribution in [0.3, 0.4) is 0 Å². The molecular formula is C15H21NO2. The van der Waals surface area contributed by atoms with Crippen LogP contribution in [-0.4, -0.2) is 17.1 Å². The Morgan fingerprint density at radius 3 is 2.78 bits per heavy atom. The molecule has 0 heterocycles. The van der Waals surface area contributed by atoms with Gasteiger partial charge in [0, 0.05) is 11.7 Å². The van der Waals surface area contributed by atoms with Crippen molar-refractivity contribution in [2.45, 2.75) is 45.6 Å². The maximum Gasteiger partial charge on any atom is 0.335 e. The number of benzene rings is 1. The maximum absolute atomic E-state index is 10.9. The fourth-order valence-corrected chi connectivity index (χ4v) is 2.79. The van der Waals surface area contributed by atoms with Gasteiger partial charge in [-0.1, -0.05) is 19.8 Å². The number of aryl methyl sites for hydroxylation is 1. The summed E-state index contributed by atoms with van der Waals surface area (Å²) < 4.78 is 0. The third-order valence-electron chi connectivity index (χ3n) is 3.76. The SMILES string of the molecule is Cc1cc(NC2CCCC(C)C2)ccc1C(=O)O. The normalized spacial score (nSPS) is 23.7. The maximum atomic E-state index is 10.9. The van der Waals surface area contributed by atoms with Gasteiger partial charge < -0.3 is 10.4 Å². The molecule has 1 aliphatic rings. The average Bonchev–Trinajstić information content (AvgIpc) is 2.28. The minimum atomic E-state index is -0.856. The fourth-order valence-electron chi connectivity index (χ4n) is 2.79. The van der Waals surface area contributed by atoms with E-state index < -0.39 is 5.97 Å². The first kappa shape index (κ1) is 12.9. The van der Waals surface area contributed by atoms with Crippen LogP contribution in [0.15, 0.2) is 18.2 Å². The highest BCUT2D eigenvalue weighted by atomic mass is 16.4. The Balaban J connectivity index is 2.05. The van der Waals surface area contributed by atoms with Crippen LogP contribution in [0.25, 0.3) is 0 Å². The van der Waals surface area contributed by atoms with Crippen LogP contribution >= 0.6 is 0 Å². The predicted molar refractivity (Wildman–Crippen MR) is 73.2 cm³/mol. The molecule has 1 aromatic rings. The lowest BCUT2D eigenvalue weighted by atomic mass is 9.87. The second kappa shape index (κ2) is 5.42. The molecule has 3 heteroatoms. The molecule has 1 aromatic carbocycles. The van der Waals surface area contributed by atoms with Crippen molar-refractivity contribution in [1.29, 1.82) is 0 Å². The van der Waals surface area contributed by atoms with Gasteiger partial charge in [-0.2, -0.15) is 0 Å². The van der Waals surface area contributed by atoms with Gasteiger partial charge >= 0.3 is 5.97 Å². The molecule has 2 N–H and O–H groups in total. The number of carboxylic acids is 1. The van der Waals surface area contributed by atoms with Crippen molar-refractivity contribution in [3.05, 3.63) is 29.3 Å². The van der Waals surface area contributed by atoms with Gasteiger partial charge in [0.25, 0.3) is 0 Å². The van der Waals surface area contributed by atoms with Gasteiger partial charge in [-0.05, 0) is 49.4 Å². The molecule has 98 valence electrons. The number of hydrogen-bond acceptors (Lipinski definition) is 2. The molecule has 18 heavy (non-hydrogen) atoms. The van der Waals surface area contributed by atoms with Crippen molar-refractivity contribution < 1.29 is 9.90 Å². The fraction of sp³-hybridized carbons (Fsp3) is 0.533. The van der Waals surface area contributed by atoms with E-state index in [9.17, 15) is 4.79 Å². The Morgan fingerprint density at radius 2 is 2.17 bits per heavy atom. The summed E-state index contributed by atoms with van der Waals surface area (Å²) in [6.07, 6.45) is 5.03. The molecule has 3 nitrogen and oxygen atoms in total. The van der Waals surface area contributed by atoms with Gasteiger partial charge in [-0.25, -0.2) is 4.79 Å². The summed E-state index contributed by atoms with van der Waals surface area (Å²) in [5, 5.41) is 12.5. The molecular weight excluding hydrogens is 226 g/mol. The molecule has 1 fully saturated rings. The zero-order chi connectivity index (χ0) is 13.1. The first-order valence-corrected chi connectivity index (χ1v) is 6.66. The number of nitrogens with one attached hydrogen (secondary N) is 1. The van der Waals surface area contributed by atoms with E-state index >= 15 is 0 Å². The standard InChI is InChI=1S/C15H21NO2/c1-10-4-3-5-12(8-10)16-13-6-7-14(15(17)18)11(2)9-13/h6-7,9-10,12,16H,3-5,8H2,1-2H3,(H,17,18). The van der Waals surface area contributed by atoms with Crippen molar-refractivity contribution >= 4 is 11.7 Å². The van der Waals surface area contributed by atoms with Crippen molar-refractivity contribution in [2.75, 3.05) is 5.32 Å². The Morgan fingerprint density at radius 1 is 1.39 bits per heavy atom. The number of anilines is 1. The number of carboxylic acid groups (broad SMARTS) is 1. The lowest BCUT2D eigenvalue weighted by molar-refractivity contribution is 0.0696. The number of aromatic carboxylic acids is 1. The summed E-state index contributed by atoms with van der Waals surface area (Å²) >= 11 is 0. The molecule has 1 saturated carbocycles. The van der Waals surface area contributed by atoms with E-state index in [0.29, 0.717) is 11.6 Å². The largest absolute Gasteiger partial charge is 0.478 e.